The molecule has 0 aromatic heterocycles. The highest BCUT2D eigenvalue weighted by atomic mass is 16.8. The molecular weight excluding hydrogens is 837 g/mol. The molecule has 66 heavy (non-hydrogen) atoms. The molecule has 11 heteroatoms. The van der Waals surface area contributed by atoms with Gasteiger partial charge in [-0.2, -0.15) is 0 Å². The number of aliphatic hydroxyl groups excluding tert-OH is 1. The molecule has 2 aliphatic rings. The van der Waals surface area contributed by atoms with Gasteiger partial charge in [-0.3, -0.25) is 0 Å². The van der Waals surface area contributed by atoms with Gasteiger partial charge in [-0.25, -0.2) is 0 Å². The van der Waals surface area contributed by atoms with Crippen molar-refractivity contribution in [1.29, 1.82) is 0 Å². The number of methoxy groups -OCH3 is 1. The molecule has 0 saturated carbocycles. The van der Waals surface area contributed by atoms with Crippen LogP contribution < -0.4 is 0 Å². The molecule has 2 saturated heterocycles. The van der Waals surface area contributed by atoms with Gasteiger partial charge in [0, 0.05) is 7.11 Å². The van der Waals surface area contributed by atoms with Gasteiger partial charge in [0.25, 0.3) is 0 Å². The maximum absolute atomic E-state index is 11.1. The standard InChI is InChI=1S/C55H60O11/c1-57-54-52(62-37-44-28-16-6-17-29-44)51(61-36-43-26-14-5-15-27-43)49(46(32-56)64-54)66-55-53(63-38-45-30-18-7-19-31-45)50(60-35-42-24-12-4-13-25-42)48(59-34-41-22-10-3-11-23-41)47(65-55)39-58-33-40-20-8-2-9-21-40/h2-31,46-56H,32-39H2,1H3/t46-,47-,48-,49-,50+,51+,52-,53+,54+,55+/m1/s1. The van der Waals surface area contributed by atoms with Crippen LogP contribution in [0.2, 0.25) is 0 Å². The number of hydrogen-bond acceptors (Lipinski definition) is 11. The molecule has 0 amide bonds. The van der Waals surface area contributed by atoms with Crippen LogP contribution in [-0.4, -0.2) is 86.8 Å². The van der Waals surface area contributed by atoms with Crippen molar-refractivity contribution in [2.24, 2.45) is 0 Å². The summed E-state index contributed by atoms with van der Waals surface area (Å²) in [6, 6.07) is 59.7. The van der Waals surface area contributed by atoms with E-state index in [0.717, 1.165) is 33.4 Å². The Morgan fingerprint density at radius 1 is 0.364 bits per heavy atom. The molecule has 0 radical (unpaired) electrons. The summed E-state index contributed by atoms with van der Waals surface area (Å²) in [5.74, 6) is 0. The Kier molecular flexibility index (Phi) is 18.0. The van der Waals surface area contributed by atoms with E-state index >= 15 is 0 Å². The lowest BCUT2D eigenvalue weighted by atomic mass is 9.95. The van der Waals surface area contributed by atoms with E-state index in [1.807, 2.05) is 182 Å². The zero-order valence-corrected chi connectivity index (χ0v) is 37.3. The minimum absolute atomic E-state index is 0.137. The Labute approximate surface area is 388 Å². The third-order valence-corrected chi connectivity index (χ3v) is 11.7. The second kappa shape index (κ2) is 25.1. The van der Waals surface area contributed by atoms with E-state index in [4.69, 9.17) is 47.4 Å². The highest BCUT2D eigenvalue weighted by Crippen LogP contribution is 2.36. The largest absolute Gasteiger partial charge is 0.394 e. The minimum Gasteiger partial charge on any atom is -0.394 e. The topological polar surface area (TPSA) is 113 Å². The van der Waals surface area contributed by atoms with Crippen LogP contribution in [0.25, 0.3) is 0 Å². The summed E-state index contributed by atoms with van der Waals surface area (Å²) >= 11 is 0. The molecular formula is C55H60O11. The first-order valence-corrected chi connectivity index (χ1v) is 22.6. The fourth-order valence-corrected chi connectivity index (χ4v) is 8.29. The number of aliphatic hydroxyl groups is 1. The van der Waals surface area contributed by atoms with Crippen LogP contribution in [0.5, 0.6) is 0 Å². The second-order valence-corrected chi connectivity index (χ2v) is 16.4. The lowest BCUT2D eigenvalue weighted by molar-refractivity contribution is -0.375. The predicted octanol–water partition coefficient (Wildman–Crippen LogP) is 8.60. The van der Waals surface area contributed by atoms with Gasteiger partial charge in [0.1, 0.15) is 48.8 Å². The Balaban J connectivity index is 1.17. The van der Waals surface area contributed by atoms with Crippen LogP contribution in [0.4, 0.5) is 0 Å². The fourth-order valence-electron chi connectivity index (χ4n) is 8.29. The Bertz CT molecular complexity index is 2220. The molecule has 10 atom stereocenters. The lowest BCUT2D eigenvalue weighted by Gasteiger charge is -2.50. The molecule has 2 aliphatic heterocycles. The molecule has 2 heterocycles. The van der Waals surface area contributed by atoms with Gasteiger partial charge in [0.2, 0.25) is 0 Å². The van der Waals surface area contributed by atoms with Crippen LogP contribution in [0, 0.1) is 0 Å². The molecule has 0 unspecified atom stereocenters. The average molecular weight is 897 g/mol. The van der Waals surface area contributed by atoms with Gasteiger partial charge >= 0.3 is 0 Å². The SMILES string of the molecule is CO[C@H]1O[C@H](CO)[C@@H](O[C@@H]2O[C@H](COCc3ccccc3)[C@@H](OCc3ccccc3)[C@H](OCc3ccccc3)[C@@H]2OCc2ccccc2)[C@H](OCc2ccccc2)[C@H]1OCc1ccccc1. The number of rotatable bonds is 23. The average Bonchev–Trinajstić information content (AvgIpc) is 3.38. The zero-order valence-electron chi connectivity index (χ0n) is 37.3. The molecule has 0 aliphatic carbocycles. The first-order chi connectivity index (χ1) is 32.6. The summed E-state index contributed by atoms with van der Waals surface area (Å²) in [6.07, 6.45) is -8.55. The van der Waals surface area contributed by atoms with E-state index in [9.17, 15) is 5.11 Å². The Morgan fingerprint density at radius 3 is 1.06 bits per heavy atom. The van der Waals surface area contributed by atoms with Gasteiger partial charge < -0.3 is 52.5 Å². The van der Waals surface area contributed by atoms with Crippen molar-refractivity contribution in [2.45, 2.75) is 101 Å². The summed E-state index contributed by atoms with van der Waals surface area (Å²) in [5.41, 5.74) is 5.83. The third kappa shape index (κ3) is 13.3. The predicted molar refractivity (Wildman–Crippen MR) is 247 cm³/mol. The van der Waals surface area contributed by atoms with E-state index < -0.39 is 68.0 Å². The van der Waals surface area contributed by atoms with E-state index in [0.29, 0.717) is 6.61 Å². The molecule has 11 nitrogen and oxygen atoms in total. The van der Waals surface area contributed by atoms with Crippen LogP contribution >= 0.6 is 0 Å². The number of ether oxygens (including phenoxy) is 10. The van der Waals surface area contributed by atoms with E-state index in [1.165, 1.54) is 0 Å². The Morgan fingerprint density at radius 2 is 0.682 bits per heavy atom. The van der Waals surface area contributed by atoms with Crippen molar-refractivity contribution < 1.29 is 52.5 Å². The lowest BCUT2D eigenvalue weighted by Crippen LogP contribution is -2.66. The molecule has 0 spiro atoms. The van der Waals surface area contributed by atoms with Crippen molar-refractivity contribution in [3.8, 4) is 0 Å². The highest BCUT2D eigenvalue weighted by Gasteiger charge is 2.54. The smallest absolute Gasteiger partial charge is 0.187 e. The summed E-state index contributed by atoms with van der Waals surface area (Å²) in [5, 5.41) is 11.1. The van der Waals surface area contributed by atoms with Crippen molar-refractivity contribution in [3.63, 3.8) is 0 Å². The van der Waals surface area contributed by atoms with E-state index in [1.54, 1.807) is 7.11 Å². The first kappa shape index (κ1) is 47.4. The zero-order chi connectivity index (χ0) is 45.2. The molecule has 0 bridgehead atoms. The van der Waals surface area contributed by atoms with E-state index in [2.05, 4.69) is 0 Å². The van der Waals surface area contributed by atoms with Gasteiger partial charge in [0.05, 0.1) is 52.9 Å². The van der Waals surface area contributed by atoms with Gasteiger partial charge in [0.15, 0.2) is 12.6 Å². The van der Waals surface area contributed by atoms with Gasteiger partial charge in [-0.1, -0.05) is 182 Å². The van der Waals surface area contributed by atoms with Crippen LogP contribution in [0.3, 0.4) is 0 Å². The van der Waals surface area contributed by atoms with Crippen molar-refractivity contribution in [3.05, 3.63) is 215 Å². The number of benzene rings is 6. The maximum Gasteiger partial charge on any atom is 0.187 e. The van der Waals surface area contributed by atoms with Crippen molar-refractivity contribution in [2.75, 3.05) is 20.3 Å². The fraction of sp³-hybridized carbons (Fsp3) is 0.345. The second-order valence-electron chi connectivity index (χ2n) is 16.4. The highest BCUT2D eigenvalue weighted by molar-refractivity contribution is 5.18. The molecule has 6 aromatic carbocycles. The third-order valence-electron chi connectivity index (χ3n) is 11.7. The number of hydrogen-bond donors (Lipinski definition) is 1. The molecule has 6 aromatic rings. The maximum atomic E-state index is 11.1. The van der Waals surface area contributed by atoms with Gasteiger partial charge in [-0.15, -0.1) is 0 Å². The van der Waals surface area contributed by atoms with E-state index in [-0.39, 0.29) is 39.6 Å². The molecule has 2 fully saturated rings. The van der Waals surface area contributed by atoms with Gasteiger partial charge in [-0.05, 0) is 33.4 Å². The summed E-state index contributed by atoms with van der Waals surface area (Å²) in [6.45, 7) is 1.29. The van der Waals surface area contributed by atoms with Crippen molar-refractivity contribution >= 4 is 0 Å². The van der Waals surface area contributed by atoms with Crippen LogP contribution in [-0.2, 0) is 87.0 Å². The quantitative estimate of drug-likeness (QED) is 0.0668. The van der Waals surface area contributed by atoms with Crippen molar-refractivity contribution in [1.82, 2.24) is 0 Å². The minimum atomic E-state index is -1.12. The summed E-state index contributed by atoms with van der Waals surface area (Å²) in [7, 11) is 1.55. The molecule has 8 rings (SSSR count). The monoisotopic (exact) mass is 896 g/mol. The summed E-state index contributed by atoms with van der Waals surface area (Å²) in [4.78, 5) is 0. The Hall–Kier alpha value is -5.12. The molecule has 346 valence electrons. The molecule has 1 N–H and O–H groups in total. The van der Waals surface area contributed by atoms with Crippen LogP contribution in [0.15, 0.2) is 182 Å². The van der Waals surface area contributed by atoms with Crippen LogP contribution in [0.1, 0.15) is 33.4 Å². The summed E-state index contributed by atoms with van der Waals surface area (Å²) < 4.78 is 67.5. The normalized spacial score (nSPS) is 25.4. The first-order valence-electron chi connectivity index (χ1n) is 22.6.